The zero-order valence-electron chi connectivity index (χ0n) is 8.82. The van der Waals surface area contributed by atoms with Gasteiger partial charge in [0, 0.05) is 44.1 Å². The van der Waals surface area contributed by atoms with Gasteiger partial charge in [0.25, 0.3) is 0 Å². The van der Waals surface area contributed by atoms with Crippen molar-refractivity contribution in [1.82, 2.24) is 4.98 Å². The lowest BCUT2D eigenvalue weighted by Crippen LogP contribution is -2.21. The zero-order chi connectivity index (χ0) is 10.7. The first-order chi connectivity index (χ1) is 7.29. The van der Waals surface area contributed by atoms with E-state index >= 15 is 0 Å². The quantitative estimate of drug-likeness (QED) is 0.710. The number of anilines is 1. The Morgan fingerprint density at radius 3 is 3.27 bits per heavy atom. The largest absolute Gasteiger partial charge is 0.384 e. The van der Waals surface area contributed by atoms with Crippen molar-refractivity contribution in [2.45, 2.75) is 6.42 Å². The molecular formula is C11H15FN2O. The Kier molecular flexibility index (Phi) is 3.16. The van der Waals surface area contributed by atoms with Crippen LogP contribution in [0.15, 0.2) is 18.3 Å². The van der Waals surface area contributed by atoms with Crippen LogP contribution in [0.1, 0.15) is 6.42 Å². The summed E-state index contributed by atoms with van der Waals surface area (Å²) in [5, 5.41) is 0. The summed E-state index contributed by atoms with van der Waals surface area (Å²) in [5.41, 5.74) is 0.918. The van der Waals surface area contributed by atoms with E-state index < -0.39 is 5.95 Å². The summed E-state index contributed by atoms with van der Waals surface area (Å²) in [5.74, 6) is 0.147. The molecule has 0 bridgehead atoms. The molecule has 2 rings (SSSR count). The van der Waals surface area contributed by atoms with E-state index in [0.717, 1.165) is 31.8 Å². The van der Waals surface area contributed by atoms with Crippen LogP contribution in [0.3, 0.4) is 0 Å². The van der Waals surface area contributed by atoms with Crippen molar-refractivity contribution in [1.29, 1.82) is 0 Å². The van der Waals surface area contributed by atoms with Crippen LogP contribution in [0.4, 0.5) is 10.1 Å². The molecular weight excluding hydrogens is 195 g/mol. The molecule has 0 aromatic carbocycles. The summed E-state index contributed by atoms with van der Waals surface area (Å²) in [4.78, 5) is 5.72. The second-order valence-electron chi connectivity index (χ2n) is 3.89. The third kappa shape index (κ3) is 2.45. The van der Waals surface area contributed by atoms with E-state index in [9.17, 15) is 4.39 Å². The minimum absolute atomic E-state index is 0.414. The summed E-state index contributed by atoms with van der Waals surface area (Å²) in [7, 11) is 1.72. The maximum atomic E-state index is 12.9. The van der Waals surface area contributed by atoms with E-state index in [1.54, 1.807) is 7.11 Å². The number of hydrogen-bond acceptors (Lipinski definition) is 3. The fraction of sp³-hybridized carbons (Fsp3) is 0.545. The van der Waals surface area contributed by atoms with Crippen molar-refractivity contribution in [3.8, 4) is 0 Å². The zero-order valence-corrected chi connectivity index (χ0v) is 8.82. The van der Waals surface area contributed by atoms with E-state index in [1.165, 1.54) is 12.3 Å². The number of aromatic nitrogens is 1. The molecule has 0 N–H and O–H groups in total. The molecule has 0 saturated carbocycles. The number of nitrogens with zero attached hydrogens (tertiary/aromatic N) is 2. The Hall–Kier alpha value is -1.16. The molecule has 1 aromatic heterocycles. The highest BCUT2D eigenvalue weighted by Crippen LogP contribution is 2.23. The first kappa shape index (κ1) is 10.4. The Balaban J connectivity index is 2.01. The fourth-order valence-corrected chi connectivity index (χ4v) is 2.03. The van der Waals surface area contributed by atoms with Gasteiger partial charge in [0.05, 0.1) is 6.61 Å². The molecule has 1 fully saturated rings. The standard InChI is InChI=1S/C11H15FN2O/c1-15-8-9-3-5-14(7-9)10-2-4-13-11(12)6-10/h2,4,6,9H,3,5,7-8H2,1H3. The lowest BCUT2D eigenvalue weighted by molar-refractivity contribution is 0.161. The van der Waals surface area contributed by atoms with E-state index in [2.05, 4.69) is 9.88 Å². The Labute approximate surface area is 88.9 Å². The van der Waals surface area contributed by atoms with Crippen LogP contribution in [-0.4, -0.2) is 31.8 Å². The lowest BCUT2D eigenvalue weighted by atomic mass is 10.1. The number of hydrogen-bond donors (Lipinski definition) is 0. The van der Waals surface area contributed by atoms with Gasteiger partial charge < -0.3 is 9.64 Å². The van der Waals surface area contributed by atoms with E-state index in [4.69, 9.17) is 4.74 Å². The summed E-state index contributed by atoms with van der Waals surface area (Å²) in [6, 6.07) is 3.33. The number of pyridine rings is 1. The van der Waals surface area contributed by atoms with Crippen molar-refractivity contribution in [3.63, 3.8) is 0 Å². The van der Waals surface area contributed by atoms with Crippen molar-refractivity contribution in [3.05, 3.63) is 24.3 Å². The van der Waals surface area contributed by atoms with Crippen molar-refractivity contribution in [2.24, 2.45) is 5.92 Å². The minimum Gasteiger partial charge on any atom is -0.384 e. The molecule has 1 aromatic rings. The summed E-state index contributed by atoms with van der Waals surface area (Å²) in [6.45, 7) is 2.69. The summed E-state index contributed by atoms with van der Waals surface area (Å²) in [6.07, 6.45) is 2.62. The predicted molar refractivity (Wildman–Crippen MR) is 56.4 cm³/mol. The molecule has 0 amide bonds. The van der Waals surface area contributed by atoms with Crippen molar-refractivity contribution >= 4 is 5.69 Å². The molecule has 3 nitrogen and oxygen atoms in total. The van der Waals surface area contributed by atoms with E-state index in [-0.39, 0.29) is 0 Å². The Bertz CT molecular complexity index is 332. The van der Waals surface area contributed by atoms with Gasteiger partial charge in [-0.25, -0.2) is 4.98 Å². The van der Waals surface area contributed by atoms with Crippen LogP contribution in [0.2, 0.25) is 0 Å². The number of ether oxygens (including phenoxy) is 1. The monoisotopic (exact) mass is 210 g/mol. The fourth-order valence-electron chi connectivity index (χ4n) is 2.03. The molecule has 1 aliphatic rings. The first-order valence-corrected chi connectivity index (χ1v) is 5.15. The molecule has 1 atom stereocenters. The SMILES string of the molecule is COCC1CCN(c2ccnc(F)c2)C1. The van der Waals surface area contributed by atoms with Gasteiger partial charge in [-0.15, -0.1) is 0 Å². The normalized spacial score (nSPS) is 20.9. The molecule has 15 heavy (non-hydrogen) atoms. The maximum Gasteiger partial charge on any atom is 0.214 e. The summed E-state index contributed by atoms with van der Waals surface area (Å²) < 4.78 is 18.0. The molecule has 1 aliphatic heterocycles. The van der Waals surface area contributed by atoms with Gasteiger partial charge in [-0.05, 0) is 12.5 Å². The maximum absolute atomic E-state index is 12.9. The van der Waals surface area contributed by atoms with Crippen LogP contribution in [-0.2, 0) is 4.74 Å². The van der Waals surface area contributed by atoms with Gasteiger partial charge in [0.15, 0.2) is 0 Å². The molecule has 1 saturated heterocycles. The van der Waals surface area contributed by atoms with Gasteiger partial charge in [0.2, 0.25) is 5.95 Å². The second-order valence-corrected chi connectivity index (χ2v) is 3.89. The molecule has 0 radical (unpaired) electrons. The number of methoxy groups -OCH3 is 1. The van der Waals surface area contributed by atoms with E-state index in [0.29, 0.717) is 5.92 Å². The van der Waals surface area contributed by atoms with Crippen molar-refractivity contribution < 1.29 is 9.13 Å². The van der Waals surface area contributed by atoms with Gasteiger partial charge in [0.1, 0.15) is 0 Å². The minimum atomic E-state index is -0.414. The first-order valence-electron chi connectivity index (χ1n) is 5.15. The highest BCUT2D eigenvalue weighted by Gasteiger charge is 2.22. The van der Waals surface area contributed by atoms with Crippen LogP contribution >= 0.6 is 0 Å². The predicted octanol–water partition coefficient (Wildman–Crippen LogP) is 1.69. The summed E-state index contributed by atoms with van der Waals surface area (Å²) >= 11 is 0. The lowest BCUT2D eigenvalue weighted by Gasteiger charge is -2.18. The van der Waals surface area contributed by atoms with Crippen LogP contribution in [0.25, 0.3) is 0 Å². The van der Waals surface area contributed by atoms with Gasteiger partial charge >= 0.3 is 0 Å². The Morgan fingerprint density at radius 1 is 1.67 bits per heavy atom. The van der Waals surface area contributed by atoms with Crippen LogP contribution < -0.4 is 4.90 Å². The molecule has 1 unspecified atom stereocenters. The molecule has 2 heterocycles. The second kappa shape index (κ2) is 4.57. The Morgan fingerprint density at radius 2 is 2.53 bits per heavy atom. The third-order valence-electron chi connectivity index (χ3n) is 2.76. The van der Waals surface area contributed by atoms with Crippen LogP contribution in [0, 0.1) is 11.9 Å². The highest BCUT2D eigenvalue weighted by molar-refractivity contribution is 5.45. The molecule has 82 valence electrons. The third-order valence-corrected chi connectivity index (χ3v) is 2.76. The average molecular weight is 210 g/mol. The molecule has 0 aliphatic carbocycles. The smallest absolute Gasteiger partial charge is 0.214 e. The number of rotatable bonds is 3. The molecule has 0 spiro atoms. The van der Waals surface area contributed by atoms with Crippen LogP contribution in [0.5, 0.6) is 0 Å². The molecule has 4 heteroatoms. The van der Waals surface area contributed by atoms with Gasteiger partial charge in [-0.1, -0.05) is 0 Å². The van der Waals surface area contributed by atoms with Crippen molar-refractivity contribution in [2.75, 3.05) is 31.7 Å². The highest BCUT2D eigenvalue weighted by atomic mass is 19.1. The topological polar surface area (TPSA) is 25.4 Å². The average Bonchev–Trinajstić information content (AvgIpc) is 2.67. The van der Waals surface area contributed by atoms with Gasteiger partial charge in [-0.3, -0.25) is 0 Å². The van der Waals surface area contributed by atoms with Gasteiger partial charge in [-0.2, -0.15) is 4.39 Å². The van der Waals surface area contributed by atoms with E-state index in [1.807, 2.05) is 6.07 Å². The number of halogens is 1.